The lowest BCUT2D eigenvalue weighted by atomic mass is 10.0. The molecular formula is C30H29ClF3N5O2. The Bertz CT molecular complexity index is 1410. The van der Waals surface area contributed by atoms with E-state index in [-0.39, 0.29) is 6.10 Å². The number of hydrogen-bond donors (Lipinski definition) is 0. The van der Waals surface area contributed by atoms with Crippen molar-refractivity contribution in [3.8, 4) is 11.5 Å². The second-order valence-corrected chi connectivity index (χ2v) is 10.4. The molecular weight excluding hydrogens is 555 g/mol. The summed E-state index contributed by atoms with van der Waals surface area (Å²) in [5.74, 6) is 1.59. The minimum Gasteiger partial charge on any atom is -0.457 e. The number of alkyl halides is 3. The van der Waals surface area contributed by atoms with Crippen molar-refractivity contribution >= 4 is 23.2 Å². The summed E-state index contributed by atoms with van der Waals surface area (Å²) >= 11 is 5.96. The zero-order chi connectivity index (χ0) is 29.0. The number of morpholine rings is 1. The Balaban J connectivity index is 1.45. The highest BCUT2D eigenvalue weighted by atomic mass is 35.5. The van der Waals surface area contributed by atoms with Crippen LogP contribution < -0.4 is 9.64 Å². The average Bonchev–Trinajstić information content (AvgIpc) is 3.31. The van der Waals surface area contributed by atoms with Crippen LogP contribution in [0.3, 0.4) is 0 Å². The summed E-state index contributed by atoms with van der Waals surface area (Å²) < 4.78 is 52.4. The van der Waals surface area contributed by atoms with Crippen molar-refractivity contribution in [1.29, 1.82) is 0 Å². The number of rotatable bonds is 7. The quantitative estimate of drug-likeness (QED) is 0.223. The van der Waals surface area contributed by atoms with Gasteiger partial charge < -0.3 is 14.4 Å². The second-order valence-electron chi connectivity index (χ2n) is 9.99. The minimum atomic E-state index is -4.47. The molecule has 0 amide bonds. The van der Waals surface area contributed by atoms with Crippen LogP contribution in [-0.2, 0) is 10.9 Å². The van der Waals surface area contributed by atoms with Crippen molar-refractivity contribution in [2.75, 3.05) is 44.2 Å². The van der Waals surface area contributed by atoms with E-state index >= 15 is 0 Å². The molecule has 0 aliphatic carbocycles. The Morgan fingerprint density at radius 1 is 1.02 bits per heavy atom. The van der Waals surface area contributed by atoms with Gasteiger partial charge in [-0.15, -0.1) is 4.95 Å². The first-order valence-electron chi connectivity index (χ1n) is 13.2. The molecule has 0 spiro atoms. The topological polar surface area (TPSA) is 44.9 Å². The van der Waals surface area contributed by atoms with Crippen LogP contribution in [0.5, 0.6) is 11.5 Å². The van der Waals surface area contributed by atoms with Gasteiger partial charge in [-0.05, 0) is 73.2 Å². The van der Waals surface area contributed by atoms with Crippen LogP contribution in [0, 0.1) is 6.57 Å². The SMILES string of the molecule is [C-]#[N+]N=C1N(CCN2CCO[C@@H](C)C2)CC(c2cccc(C(F)(F)F)c2)N1c1ccc(Oc2ccc(Cl)cc2)cc1. The number of ether oxygens (including phenoxy) is 2. The molecule has 7 nitrogen and oxygen atoms in total. The van der Waals surface area contributed by atoms with Crippen LogP contribution in [0.15, 0.2) is 77.9 Å². The van der Waals surface area contributed by atoms with E-state index in [1.165, 1.54) is 12.1 Å². The molecule has 0 N–H and O–H groups in total. The second kappa shape index (κ2) is 12.4. The van der Waals surface area contributed by atoms with E-state index < -0.39 is 17.8 Å². The lowest BCUT2D eigenvalue weighted by Crippen LogP contribution is -2.45. The van der Waals surface area contributed by atoms with Crippen LogP contribution in [0.4, 0.5) is 18.9 Å². The molecule has 41 heavy (non-hydrogen) atoms. The van der Waals surface area contributed by atoms with E-state index in [1.54, 1.807) is 42.5 Å². The predicted molar refractivity (Wildman–Crippen MR) is 152 cm³/mol. The maximum atomic E-state index is 13.6. The molecule has 3 aromatic rings. The highest BCUT2D eigenvalue weighted by Crippen LogP contribution is 2.38. The van der Waals surface area contributed by atoms with Crippen molar-refractivity contribution in [2.24, 2.45) is 5.10 Å². The zero-order valence-electron chi connectivity index (χ0n) is 22.4. The van der Waals surface area contributed by atoms with Gasteiger partial charge in [-0.1, -0.05) is 23.7 Å². The van der Waals surface area contributed by atoms with Gasteiger partial charge in [-0.2, -0.15) is 19.7 Å². The van der Waals surface area contributed by atoms with Crippen LogP contribution in [-0.4, -0.2) is 61.2 Å². The van der Waals surface area contributed by atoms with Gasteiger partial charge >= 0.3 is 6.18 Å². The van der Waals surface area contributed by atoms with Gasteiger partial charge in [0.05, 0.1) is 24.3 Å². The number of hydrogen-bond acceptors (Lipinski definition) is 4. The summed E-state index contributed by atoms with van der Waals surface area (Å²) in [5, 5.41) is 4.74. The number of anilines is 1. The summed E-state index contributed by atoms with van der Waals surface area (Å²) in [6.07, 6.45) is -4.35. The van der Waals surface area contributed by atoms with Crippen LogP contribution in [0.1, 0.15) is 24.1 Å². The number of benzene rings is 3. The molecule has 0 radical (unpaired) electrons. The third-order valence-electron chi connectivity index (χ3n) is 7.12. The third kappa shape index (κ3) is 6.93. The Kier molecular flexibility index (Phi) is 8.68. The molecule has 2 aliphatic rings. The molecule has 11 heteroatoms. The minimum absolute atomic E-state index is 0.127. The predicted octanol–water partition coefficient (Wildman–Crippen LogP) is 6.93. The molecule has 2 atom stereocenters. The highest BCUT2D eigenvalue weighted by Gasteiger charge is 2.40. The maximum Gasteiger partial charge on any atom is 0.416 e. The van der Waals surface area contributed by atoms with Crippen molar-refractivity contribution < 1.29 is 22.6 Å². The van der Waals surface area contributed by atoms with Gasteiger partial charge in [-0.3, -0.25) is 9.80 Å². The van der Waals surface area contributed by atoms with Crippen molar-refractivity contribution in [2.45, 2.75) is 25.2 Å². The first-order chi connectivity index (χ1) is 19.7. The summed E-state index contributed by atoms with van der Waals surface area (Å²) in [6.45, 7) is 13.4. The number of guanidine groups is 1. The monoisotopic (exact) mass is 583 g/mol. The molecule has 0 aromatic heterocycles. The fourth-order valence-electron chi connectivity index (χ4n) is 5.15. The first-order valence-corrected chi connectivity index (χ1v) is 13.6. The molecule has 214 valence electrons. The lowest BCUT2D eigenvalue weighted by molar-refractivity contribution is -0.137. The van der Waals surface area contributed by atoms with E-state index in [0.29, 0.717) is 60.0 Å². The molecule has 2 aliphatic heterocycles. The highest BCUT2D eigenvalue weighted by molar-refractivity contribution is 6.30. The molecule has 0 bridgehead atoms. The molecule has 3 aromatic carbocycles. The standard InChI is InChI=1S/C30H29ClF3N5O2/c1-21-19-37(16-17-40-21)14-15-38-20-28(22-4-3-5-23(18-22)30(32,33)34)39(29(38)36-35-2)25-8-12-27(13-9-25)41-26-10-6-24(31)7-11-26/h3-13,18,21,28H,14-17,19-20H2,1H3/t21-,28?/m0/s1. The fraction of sp³-hybridized carbons (Fsp3) is 0.333. The Hall–Kier alpha value is -3.78. The molecule has 2 saturated heterocycles. The zero-order valence-corrected chi connectivity index (χ0v) is 23.1. The smallest absolute Gasteiger partial charge is 0.416 e. The summed E-state index contributed by atoms with van der Waals surface area (Å²) in [5.41, 5.74) is 0.452. The van der Waals surface area contributed by atoms with Gasteiger partial charge in [0.25, 0.3) is 5.96 Å². The first kappa shape index (κ1) is 28.7. The molecule has 1 unspecified atom stereocenters. The van der Waals surface area contributed by atoms with Gasteiger partial charge in [0, 0.05) is 43.4 Å². The van der Waals surface area contributed by atoms with E-state index in [9.17, 15) is 13.2 Å². The van der Waals surface area contributed by atoms with Crippen LogP contribution in [0.2, 0.25) is 5.02 Å². The van der Waals surface area contributed by atoms with Crippen molar-refractivity contribution in [3.05, 3.63) is 100 Å². The molecule has 2 heterocycles. The van der Waals surface area contributed by atoms with Crippen molar-refractivity contribution in [1.82, 2.24) is 9.80 Å². The summed E-state index contributed by atoms with van der Waals surface area (Å²) in [7, 11) is 0. The third-order valence-corrected chi connectivity index (χ3v) is 7.37. The summed E-state index contributed by atoms with van der Waals surface area (Å²) in [4.78, 5) is 9.42. The lowest BCUT2D eigenvalue weighted by Gasteiger charge is -2.32. The van der Waals surface area contributed by atoms with Gasteiger partial charge in [-0.25, -0.2) is 0 Å². The van der Waals surface area contributed by atoms with E-state index in [0.717, 1.165) is 19.2 Å². The van der Waals surface area contributed by atoms with Gasteiger partial charge in [0.1, 0.15) is 16.6 Å². The number of halogens is 4. The largest absolute Gasteiger partial charge is 0.457 e. The molecule has 5 rings (SSSR count). The van der Waals surface area contributed by atoms with E-state index in [1.807, 2.05) is 28.9 Å². The van der Waals surface area contributed by atoms with Crippen molar-refractivity contribution in [3.63, 3.8) is 0 Å². The normalized spacial score (nSPS) is 20.8. The van der Waals surface area contributed by atoms with Gasteiger partial charge in [0.15, 0.2) is 0 Å². The molecule has 2 fully saturated rings. The van der Waals surface area contributed by atoms with Crippen LogP contribution in [0.25, 0.3) is 4.95 Å². The fourth-order valence-corrected chi connectivity index (χ4v) is 5.28. The van der Waals surface area contributed by atoms with Crippen LogP contribution >= 0.6 is 11.6 Å². The average molecular weight is 584 g/mol. The molecule has 0 saturated carbocycles. The summed E-state index contributed by atoms with van der Waals surface area (Å²) in [6, 6.07) is 19.0. The Morgan fingerprint density at radius 2 is 1.73 bits per heavy atom. The van der Waals surface area contributed by atoms with Gasteiger partial charge in [0.2, 0.25) is 0 Å². The van der Waals surface area contributed by atoms with E-state index in [4.69, 9.17) is 27.6 Å². The maximum absolute atomic E-state index is 13.6. The Labute approximate surface area is 242 Å². The number of nitrogens with zero attached hydrogens (tertiary/aromatic N) is 5. The Morgan fingerprint density at radius 3 is 2.39 bits per heavy atom. The van der Waals surface area contributed by atoms with E-state index in [2.05, 4.69) is 15.0 Å².